The molecule has 1 N–H and O–H groups in total. The average molecular weight is 489 g/mol. The van der Waals surface area contributed by atoms with Gasteiger partial charge < -0.3 is 19.4 Å². The number of carbonyl (C=O) groups is 2. The number of carbonyl (C=O) groups excluding carboxylic acids is 2. The molecule has 0 fully saturated rings. The Hall–Kier alpha value is -3.54. The summed E-state index contributed by atoms with van der Waals surface area (Å²) >= 11 is 0. The van der Waals surface area contributed by atoms with Crippen molar-refractivity contribution < 1.29 is 19.1 Å². The standard InChI is InChI=1S/C30H36N2O4/c1-20-23(25-10-6-7-11-26(25)31-20)17-18-32(29(34)36-30(2,3)4)27-12-8-9-22-19-21(13-15-24(22)27)14-16-28(33)35-5/h6-7,10-11,13-16,19,27,31H,8-9,12,17-18H2,1-5H3/b16-14+. The molecule has 0 radical (unpaired) electrons. The van der Waals surface area contributed by atoms with Crippen molar-refractivity contribution >= 4 is 29.0 Å². The highest BCUT2D eigenvalue weighted by molar-refractivity contribution is 5.87. The van der Waals surface area contributed by atoms with Crippen LogP contribution in [0.2, 0.25) is 0 Å². The molecule has 3 aromatic rings. The first kappa shape index (κ1) is 25.5. The van der Waals surface area contributed by atoms with Crippen LogP contribution in [0.15, 0.2) is 48.5 Å². The lowest BCUT2D eigenvalue weighted by Gasteiger charge is -2.37. The molecule has 0 spiro atoms. The number of aromatic nitrogens is 1. The number of hydrogen-bond acceptors (Lipinski definition) is 4. The summed E-state index contributed by atoms with van der Waals surface area (Å²) < 4.78 is 10.6. The molecule has 1 heterocycles. The van der Waals surface area contributed by atoms with E-state index in [4.69, 9.17) is 9.47 Å². The topological polar surface area (TPSA) is 71.6 Å². The summed E-state index contributed by atoms with van der Waals surface area (Å²) in [6.45, 7) is 8.36. The predicted molar refractivity (Wildman–Crippen MR) is 143 cm³/mol. The second-order valence-electron chi connectivity index (χ2n) is 10.4. The van der Waals surface area contributed by atoms with Crippen LogP contribution in [-0.4, -0.2) is 41.2 Å². The van der Waals surface area contributed by atoms with Crippen LogP contribution in [0.3, 0.4) is 0 Å². The summed E-state index contributed by atoms with van der Waals surface area (Å²) in [7, 11) is 1.37. The number of amides is 1. The number of rotatable bonds is 6. The maximum absolute atomic E-state index is 13.5. The van der Waals surface area contributed by atoms with Crippen LogP contribution in [0.4, 0.5) is 4.79 Å². The summed E-state index contributed by atoms with van der Waals surface area (Å²) in [4.78, 5) is 30.4. The Balaban J connectivity index is 1.64. The number of nitrogens with zero attached hydrogens (tertiary/aromatic N) is 1. The highest BCUT2D eigenvalue weighted by Gasteiger charge is 2.32. The summed E-state index contributed by atoms with van der Waals surface area (Å²) in [5.74, 6) is -0.380. The van der Waals surface area contributed by atoms with Crippen molar-refractivity contribution in [1.29, 1.82) is 0 Å². The van der Waals surface area contributed by atoms with Crippen molar-refractivity contribution in [3.8, 4) is 0 Å². The third-order valence-corrected chi connectivity index (χ3v) is 6.70. The van der Waals surface area contributed by atoms with Gasteiger partial charge in [-0.05, 0) is 87.8 Å². The van der Waals surface area contributed by atoms with Gasteiger partial charge in [-0.3, -0.25) is 0 Å². The van der Waals surface area contributed by atoms with Crippen molar-refractivity contribution in [3.63, 3.8) is 0 Å². The minimum atomic E-state index is -0.577. The number of para-hydroxylation sites is 1. The molecule has 6 nitrogen and oxygen atoms in total. The molecular formula is C30H36N2O4. The van der Waals surface area contributed by atoms with Crippen LogP contribution < -0.4 is 0 Å². The van der Waals surface area contributed by atoms with Gasteiger partial charge in [0.25, 0.3) is 0 Å². The zero-order valence-corrected chi connectivity index (χ0v) is 21.9. The Morgan fingerprint density at radius 2 is 1.94 bits per heavy atom. The second-order valence-corrected chi connectivity index (χ2v) is 10.4. The van der Waals surface area contributed by atoms with Crippen LogP contribution in [0.25, 0.3) is 17.0 Å². The monoisotopic (exact) mass is 488 g/mol. The van der Waals surface area contributed by atoms with Crippen LogP contribution >= 0.6 is 0 Å². The van der Waals surface area contributed by atoms with Crippen LogP contribution in [0.1, 0.15) is 67.6 Å². The second kappa shape index (κ2) is 10.6. The number of methoxy groups -OCH3 is 1. The number of aromatic amines is 1. The molecule has 1 aliphatic rings. The highest BCUT2D eigenvalue weighted by Crippen LogP contribution is 2.36. The molecule has 4 rings (SSSR count). The molecule has 0 aliphatic heterocycles. The SMILES string of the molecule is COC(=O)/C=C/c1ccc2c(c1)CCCC2N(CCc1c(C)[nH]c2ccccc12)C(=O)OC(C)(C)C. The van der Waals surface area contributed by atoms with Gasteiger partial charge in [-0.2, -0.15) is 0 Å². The van der Waals surface area contributed by atoms with Gasteiger partial charge in [0, 0.05) is 29.2 Å². The van der Waals surface area contributed by atoms with Crippen molar-refractivity contribution in [2.24, 2.45) is 0 Å². The van der Waals surface area contributed by atoms with Crippen molar-refractivity contribution in [2.45, 2.75) is 65.0 Å². The molecule has 0 bridgehead atoms. The van der Waals surface area contributed by atoms with E-state index >= 15 is 0 Å². The zero-order chi connectivity index (χ0) is 25.9. The highest BCUT2D eigenvalue weighted by atomic mass is 16.6. The predicted octanol–water partition coefficient (Wildman–Crippen LogP) is 6.52. The Bertz CT molecular complexity index is 1280. The van der Waals surface area contributed by atoms with Crippen molar-refractivity contribution in [1.82, 2.24) is 9.88 Å². The molecule has 1 atom stereocenters. The van der Waals surface area contributed by atoms with Gasteiger partial charge in [0.1, 0.15) is 5.60 Å². The smallest absolute Gasteiger partial charge is 0.410 e. The van der Waals surface area contributed by atoms with Crippen molar-refractivity contribution in [2.75, 3.05) is 13.7 Å². The zero-order valence-electron chi connectivity index (χ0n) is 21.9. The Kier molecular flexibility index (Phi) is 7.53. The molecule has 1 aromatic heterocycles. The molecule has 1 aliphatic carbocycles. The van der Waals surface area contributed by atoms with Crippen LogP contribution in [0.5, 0.6) is 0 Å². The minimum Gasteiger partial charge on any atom is -0.466 e. The van der Waals surface area contributed by atoms with E-state index in [0.717, 1.165) is 48.0 Å². The van der Waals surface area contributed by atoms with E-state index in [1.807, 2.05) is 43.9 Å². The maximum Gasteiger partial charge on any atom is 0.410 e. The fourth-order valence-electron chi connectivity index (χ4n) is 5.05. The van der Waals surface area contributed by atoms with Gasteiger partial charge in [-0.15, -0.1) is 0 Å². The molecule has 6 heteroatoms. The molecule has 190 valence electrons. The summed E-state index contributed by atoms with van der Waals surface area (Å²) in [6.07, 6.45) is 6.45. The number of esters is 1. The first-order chi connectivity index (χ1) is 17.2. The van der Waals surface area contributed by atoms with E-state index in [1.165, 1.54) is 29.7 Å². The van der Waals surface area contributed by atoms with Gasteiger partial charge in [0.15, 0.2) is 0 Å². The lowest BCUT2D eigenvalue weighted by atomic mass is 9.85. The summed E-state index contributed by atoms with van der Waals surface area (Å²) in [5.41, 5.74) is 6.20. The Labute approximate surface area is 213 Å². The molecule has 2 aromatic carbocycles. The largest absolute Gasteiger partial charge is 0.466 e. The van der Waals surface area contributed by atoms with Gasteiger partial charge >= 0.3 is 12.1 Å². The fraction of sp³-hybridized carbons (Fsp3) is 0.400. The number of fused-ring (bicyclic) bond motifs is 2. The molecular weight excluding hydrogens is 452 g/mol. The quantitative estimate of drug-likeness (QED) is 0.317. The van der Waals surface area contributed by atoms with E-state index in [2.05, 4.69) is 36.2 Å². The van der Waals surface area contributed by atoms with E-state index in [1.54, 1.807) is 6.08 Å². The van der Waals surface area contributed by atoms with Gasteiger partial charge in [-0.1, -0.05) is 36.4 Å². The number of hydrogen-bond donors (Lipinski definition) is 1. The van der Waals surface area contributed by atoms with E-state index in [9.17, 15) is 9.59 Å². The third-order valence-electron chi connectivity index (χ3n) is 6.70. The van der Waals surface area contributed by atoms with Gasteiger partial charge in [-0.25, -0.2) is 9.59 Å². The average Bonchev–Trinajstić information content (AvgIpc) is 3.16. The molecule has 1 unspecified atom stereocenters. The lowest BCUT2D eigenvalue weighted by molar-refractivity contribution is -0.134. The van der Waals surface area contributed by atoms with Crippen LogP contribution in [0, 0.1) is 6.92 Å². The number of H-pyrrole nitrogens is 1. The molecule has 0 saturated heterocycles. The third kappa shape index (κ3) is 5.81. The first-order valence-electron chi connectivity index (χ1n) is 12.6. The normalized spacial score (nSPS) is 15.6. The van der Waals surface area contributed by atoms with Crippen LogP contribution in [-0.2, 0) is 27.1 Å². The summed E-state index contributed by atoms with van der Waals surface area (Å²) in [5, 5.41) is 1.20. The molecule has 36 heavy (non-hydrogen) atoms. The van der Waals surface area contributed by atoms with E-state index in [-0.39, 0.29) is 18.1 Å². The Morgan fingerprint density at radius 3 is 2.69 bits per heavy atom. The maximum atomic E-state index is 13.5. The fourth-order valence-corrected chi connectivity index (χ4v) is 5.05. The van der Waals surface area contributed by atoms with Crippen molar-refractivity contribution in [3.05, 3.63) is 76.5 Å². The molecule has 0 saturated carbocycles. The number of ether oxygens (including phenoxy) is 2. The van der Waals surface area contributed by atoms with E-state index < -0.39 is 5.60 Å². The Morgan fingerprint density at radius 1 is 1.17 bits per heavy atom. The first-order valence-corrected chi connectivity index (χ1v) is 12.6. The summed E-state index contributed by atoms with van der Waals surface area (Å²) in [6, 6.07) is 14.4. The number of benzene rings is 2. The number of aryl methyl sites for hydroxylation is 2. The lowest BCUT2D eigenvalue weighted by Crippen LogP contribution is -2.41. The minimum absolute atomic E-state index is 0.0623. The van der Waals surface area contributed by atoms with E-state index in [0.29, 0.717) is 6.54 Å². The van der Waals surface area contributed by atoms with Gasteiger partial charge in [0.05, 0.1) is 13.2 Å². The number of nitrogens with one attached hydrogen (secondary N) is 1. The van der Waals surface area contributed by atoms with Gasteiger partial charge in [0.2, 0.25) is 0 Å². The molecule has 1 amide bonds.